The second-order valence-corrected chi connectivity index (χ2v) is 4.10. The van der Waals surface area contributed by atoms with Gasteiger partial charge in [-0.3, -0.25) is 9.59 Å². The Morgan fingerprint density at radius 3 is 2.75 bits per heavy atom. The van der Waals surface area contributed by atoms with Gasteiger partial charge in [-0.15, -0.1) is 0 Å². The van der Waals surface area contributed by atoms with Gasteiger partial charge in [-0.1, -0.05) is 0 Å². The lowest BCUT2D eigenvalue weighted by Crippen LogP contribution is -2.46. The highest BCUT2D eigenvalue weighted by Gasteiger charge is 2.36. The van der Waals surface area contributed by atoms with Crippen LogP contribution in [0.25, 0.3) is 0 Å². The maximum absolute atomic E-state index is 11.7. The first-order chi connectivity index (χ1) is 7.68. The summed E-state index contributed by atoms with van der Waals surface area (Å²) < 4.78 is 10.3. The minimum Gasteiger partial charge on any atom is -0.481 e. The number of ether oxygens (including phenoxy) is 2. The minimum atomic E-state index is -0.935. The highest BCUT2D eigenvalue weighted by molar-refractivity contribution is 5.82. The van der Waals surface area contributed by atoms with Gasteiger partial charge in [-0.05, 0) is 12.8 Å². The Labute approximate surface area is 92.9 Å². The van der Waals surface area contributed by atoms with E-state index in [-0.39, 0.29) is 19.1 Å². The van der Waals surface area contributed by atoms with Crippen LogP contribution in [-0.4, -0.2) is 48.9 Å². The molecular formula is C10H15NO5. The molecule has 1 amide bonds. The van der Waals surface area contributed by atoms with Crippen LogP contribution in [-0.2, 0) is 19.1 Å². The maximum atomic E-state index is 11.7. The molecule has 16 heavy (non-hydrogen) atoms. The number of carbonyl (C=O) groups is 2. The number of nitrogens with one attached hydrogen (secondary N) is 1. The van der Waals surface area contributed by atoms with Crippen LogP contribution in [0.4, 0.5) is 0 Å². The van der Waals surface area contributed by atoms with Crippen LogP contribution in [0, 0.1) is 5.92 Å². The Morgan fingerprint density at radius 2 is 2.12 bits per heavy atom. The van der Waals surface area contributed by atoms with Crippen molar-refractivity contribution in [1.29, 1.82) is 0 Å². The van der Waals surface area contributed by atoms with E-state index in [0.717, 1.165) is 6.42 Å². The Bertz CT molecular complexity index is 287. The highest BCUT2D eigenvalue weighted by Crippen LogP contribution is 2.16. The third kappa shape index (κ3) is 2.33. The summed E-state index contributed by atoms with van der Waals surface area (Å²) in [5.74, 6) is -1.81. The smallest absolute Gasteiger partial charge is 0.311 e. The van der Waals surface area contributed by atoms with Gasteiger partial charge in [0.2, 0.25) is 5.91 Å². The van der Waals surface area contributed by atoms with E-state index in [1.807, 2.05) is 0 Å². The van der Waals surface area contributed by atoms with Crippen molar-refractivity contribution in [3.05, 3.63) is 0 Å². The van der Waals surface area contributed by atoms with Crippen LogP contribution in [0.15, 0.2) is 0 Å². The SMILES string of the molecule is O=C(O)C1COCC1NC(=O)[C@H]1CCCO1. The Kier molecular flexibility index (Phi) is 3.40. The normalized spacial score (nSPS) is 33.9. The average molecular weight is 229 g/mol. The van der Waals surface area contributed by atoms with Gasteiger partial charge >= 0.3 is 5.97 Å². The number of amides is 1. The molecular weight excluding hydrogens is 214 g/mol. The van der Waals surface area contributed by atoms with Crippen molar-refractivity contribution in [3.63, 3.8) is 0 Å². The molecule has 0 aliphatic carbocycles. The number of carboxylic acid groups (broad SMARTS) is 1. The molecule has 2 unspecified atom stereocenters. The Morgan fingerprint density at radius 1 is 1.31 bits per heavy atom. The van der Waals surface area contributed by atoms with Gasteiger partial charge in [-0.25, -0.2) is 0 Å². The van der Waals surface area contributed by atoms with Crippen molar-refractivity contribution >= 4 is 11.9 Å². The number of aliphatic carboxylic acids is 1. The molecule has 90 valence electrons. The lowest BCUT2D eigenvalue weighted by atomic mass is 10.0. The van der Waals surface area contributed by atoms with E-state index in [0.29, 0.717) is 13.0 Å². The van der Waals surface area contributed by atoms with Crippen molar-refractivity contribution in [3.8, 4) is 0 Å². The first-order valence-corrected chi connectivity index (χ1v) is 5.41. The summed E-state index contributed by atoms with van der Waals surface area (Å²) in [7, 11) is 0. The average Bonchev–Trinajstić information content (AvgIpc) is 2.86. The van der Waals surface area contributed by atoms with Gasteiger partial charge in [0.1, 0.15) is 12.0 Å². The molecule has 2 N–H and O–H groups in total. The number of carboxylic acids is 1. The molecule has 2 aliphatic heterocycles. The Balaban J connectivity index is 1.88. The largest absolute Gasteiger partial charge is 0.481 e. The predicted molar refractivity (Wildman–Crippen MR) is 52.8 cm³/mol. The summed E-state index contributed by atoms with van der Waals surface area (Å²) in [6, 6.07) is -0.436. The zero-order valence-corrected chi connectivity index (χ0v) is 8.85. The first-order valence-electron chi connectivity index (χ1n) is 5.41. The standard InChI is InChI=1S/C10H15NO5/c12-9(8-2-1-3-16-8)11-7-5-15-4-6(7)10(13)14/h6-8H,1-5H2,(H,11,12)(H,13,14)/t6?,7?,8-/m1/s1. The van der Waals surface area contributed by atoms with Gasteiger partial charge in [-0.2, -0.15) is 0 Å². The van der Waals surface area contributed by atoms with Gasteiger partial charge < -0.3 is 19.9 Å². The molecule has 0 bridgehead atoms. The van der Waals surface area contributed by atoms with Gasteiger partial charge in [0.15, 0.2) is 0 Å². The first kappa shape index (κ1) is 11.3. The molecule has 0 spiro atoms. The van der Waals surface area contributed by atoms with Crippen molar-refractivity contribution in [2.24, 2.45) is 5.92 Å². The molecule has 3 atom stereocenters. The summed E-state index contributed by atoms with van der Waals surface area (Å²) in [4.78, 5) is 22.5. The zero-order valence-electron chi connectivity index (χ0n) is 8.85. The van der Waals surface area contributed by atoms with E-state index in [2.05, 4.69) is 5.32 Å². The molecule has 2 rings (SSSR count). The topological polar surface area (TPSA) is 84.9 Å². The number of rotatable bonds is 3. The fourth-order valence-corrected chi connectivity index (χ4v) is 2.00. The molecule has 2 saturated heterocycles. The van der Waals surface area contributed by atoms with E-state index in [4.69, 9.17) is 14.6 Å². The molecule has 2 fully saturated rings. The molecule has 0 aromatic heterocycles. The third-order valence-electron chi connectivity index (χ3n) is 2.95. The van der Waals surface area contributed by atoms with Crippen molar-refractivity contribution < 1.29 is 24.2 Å². The third-order valence-corrected chi connectivity index (χ3v) is 2.95. The van der Waals surface area contributed by atoms with Crippen LogP contribution in [0.3, 0.4) is 0 Å². The molecule has 6 heteroatoms. The van der Waals surface area contributed by atoms with Crippen LogP contribution in [0.5, 0.6) is 0 Å². The maximum Gasteiger partial charge on any atom is 0.311 e. The fraction of sp³-hybridized carbons (Fsp3) is 0.800. The molecule has 6 nitrogen and oxygen atoms in total. The lowest BCUT2D eigenvalue weighted by Gasteiger charge is -2.18. The van der Waals surface area contributed by atoms with Crippen LogP contribution in [0.2, 0.25) is 0 Å². The predicted octanol–water partition coefficient (Wildman–Crippen LogP) is -0.619. The quantitative estimate of drug-likeness (QED) is 0.673. The summed E-state index contributed by atoms with van der Waals surface area (Å²) in [5, 5.41) is 11.6. The fourth-order valence-electron chi connectivity index (χ4n) is 2.00. The number of hydrogen-bond donors (Lipinski definition) is 2. The molecule has 0 aromatic rings. The van der Waals surface area contributed by atoms with Crippen molar-refractivity contribution in [1.82, 2.24) is 5.32 Å². The molecule has 2 aliphatic rings. The van der Waals surface area contributed by atoms with E-state index in [1.165, 1.54) is 0 Å². The van der Waals surface area contributed by atoms with E-state index in [9.17, 15) is 9.59 Å². The molecule has 2 heterocycles. The van der Waals surface area contributed by atoms with Crippen LogP contribution in [0.1, 0.15) is 12.8 Å². The summed E-state index contributed by atoms with van der Waals surface area (Å²) in [5.41, 5.74) is 0. The molecule has 0 radical (unpaired) electrons. The number of hydrogen-bond acceptors (Lipinski definition) is 4. The van der Waals surface area contributed by atoms with E-state index in [1.54, 1.807) is 0 Å². The van der Waals surface area contributed by atoms with Gasteiger partial charge in [0, 0.05) is 6.61 Å². The van der Waals surface area contributed by atoms with Gasteiger partial charge in [0.25, 0.3) is 0 Å². The molecule has 0 saturated carbocycles. The second-order valence-electron chi connectivity index (χ2n) is 4.10. The summed E-state index contributed by atoms with van der Waals surface area (Å²) in [6.45, 7) is 1.02. The highest BCUT2D eigenvalue weighted by atomic mass is 16.5. The summed E-state index contributed by atoms with van der Waals surface area (Å²) >= 11 is 0. The van der Waals surface area contributed by atoms with E-state index >= 15 is 0 Å². The molecule has 0 aromatic carbocycles. The minimum absolute atomic E-state index is 0.159. The van der Waals surface area contributed by atoms with E-state index < -0.39 is 24.0 Å². The summed E-state index contributed by atoms with van der Waals surface area (Å²) in [6.07, 6.45) is 1.16. The zero-order chi connectivity index (χ0) is 11.5. The van der Waals surface area contributed by atoms with Gasteiger partial charge in [0.05, 0.1) is 19.3 Å². The van der Waals surface area contributed by atoms with Crippen LogP contribution < -0.4 is 5.32 Å². The lowest BCUT2D eigenvalue weighted by molar-refractivity contribution is -0.142. The van der Waals surface area contributed by atoms with Crippen molar-refractivity contribution in [2.75, 3.05) is 19.8 Å². The Hall–Kier alpha value is -1.14. The van der Waals surface area contributed by atoms with Crippen molar-refractivity contribution in [2.45, 2.75) is 25.0 Å². The number of carbonyl (C=O) groups excluding carboxylic acids is 1. The second kappa shape index (κ2) is 4.80. The van der Waals surface area contributed by atoms with Crippen LogP contribution >= 0.6 is 0 Å². The monoisotopic (exact) mass is 229 g/mol.